The van der Waals surface area contributed by atoms with E-state index >= 15 is 0 Å². The third-order valence-corrected chi connectivity index (χ3v) is 2.76. The van der Waals surface area contributed by atoms with Crippen molar-refractivity contribution in [2.24, 2.45) is 4.99 Å². The summed E-state index contributed by atoms with van der Waals surface area (Å²) in [5, 5.41) is 3.33. The average Bonchev–Trinajstić information content (AvgIpc) is 2.41. The lowest BCUT2D eigenvalue weighted by Gasteiger charge is -2.21. The second-order valence-electron chi connectivity index (χ2n) is 4.49. The minimum absolute atomic E-state index is 0. The van der Waals surface area contributed by atoms with E-state index in [0.29, 0.717) is 0 Å². The van der Waals surface area contributed by atoms with Gasteiger partial charge in [-0.05, 0) is 39.5 Å². The van der Waals surface area contributed by atoms with Gasteiger partial charge in [0.2, 0.25) is 0 Å². The Hall–Kier alpha value is -0.300. The molecule has 0 aliphatic rings. The van der Waals surface area contributed by atoms with Crippen molar-refractivity contribution in [3.8, 4) is 0 Å². The number of hydrogen-bond donors (Lipinski definition) is 1. The van der Waals surface area contributed by atoms with Crippen LogP contribution in [0.2, 0.25) is 0 Å². The quantitative estimate of drug-likeness (QED) is 0.191. The van der Waals surface area contributed by atoms with E-state index in [-0.39, 0.29) is 24.0 Å². The molecule has 0 atom stereocenters. The van der Waals surface area contributed by atoms with Gasteiger partial charge in [0.25, 0.3) is 0 Å². The van der Waals surface area contributed by atoms with Gasteiger partial charge in [-0.15, -0.1) is 30.6 Å². The van der Waals surface area contributed by atoms with Crippen molar-refractivity contribution in [2.75, 3.05) is 39.9 Å². The lowest BCUT2D eigenvalue weighted by atomic mass is 10.3. The highest BCUT2D eigenvalue weighted by Crippen LogP contribution is 1.96. The van der Waals surface area contributed by atoms with E-state index in [9.17, 15) is 0 Å². The molecule has 0 unspecified atom stereocenters. The Morgan fingerprint density at radius 2 is 2.05 bits per heavy atom. The summed E-state index contributed by atoms with van der Waals surface area (Å²) >= 11 is 0. The maximum absolute atomic E-state index is 5.32. The molecule has 0 aromatic rings. The molecule has 0 heterocycles. The summed E-state index contributed by atoms with van der Waals surface area (Å²) < 4.78 is 5.32. The van der Waals surface area contributed by atoms with Gasteiger partial charge in [0.05, 0.1) is 0 Å². The smallest absolute Gasteiger partial charge is 0.193 e. The molecule has 20 heavy (non-hydrogen) atoms. The molecule has 5 heteroatoms. The molecule has 0 bridgehead atoms. The van der Waals surface area contributed by atoms with Crippen LogP contribution in [0.1, 0.15) is 39.5 Å². The van der Waals surface area contributed by atoms with Gasteiger partial charge in [-0.25, -0.2) is 0 Å². The number of ether oxygens (including phenoxy) is 1. The number of aliphatic imine (C=N–C) groups is 1. The third kappa shape index (κ3) is 12.7. The van der Waals surface area contributed by atoms with Gasteiger partial charge in [0.1, 0.15) is 0 Å². The largest absolute Gasteiger partial charge is 0.382 e. The van der Waals surface area contributed by atoms with Crippen LogP contribution >= 0.6 is 24.0 Å². The lowest BCUT2D eigenvalue weighted by molar-refractivity contribution is 0.144. The van der Waals surface area contributed by atoms with E-state index < -0.39 is 0 Å². The first-order valence-electron chi connectivity index (χ1n) is 7.44. The lowest BCUT2D eigenvalue weighted by Crippen LogP contribution is -2.39. The Morgan fingerprint density at radius 1 is 1.30 bits per heavy atom. The molecule has 1 N–H and O–H groups in total. The van der Waals surface area contributed by atoms with Crippen molar-refractivity contribution in [1.29, 1.82) is 0 Å². The van der Waals surface area contributed by atoms with Crippen molar-refractivity contribution in [2.45, 2.75) is 39.5 Å². The third-order valence-electron chi connectivity index (χ3n) is 2.76. The normalized spacial score (nSPS) is 10.8. The Bertz CT molecular complexity index is 247. The number of nitrogens with one attached hydrogen (secondary N) is 1. The van der Waals surface area contributed by atoms with E-state index in [1.54, 1.807) is 0 Å². The van der Waals surface area contributed by atoms with E-state index in [2.05, 4.69) is 35.8 Å². The fourth-order valence-corrected chi connectivity index (χ4v) is 1.69. The van der Waals surface area contributed by atoms with E-state index in [1.165, 1.54) is 0 Å². The molecule has 120 valence electrons. The number of hydrogen-bond acceptors (Lipinski definition) is 2. The number of guanidine groups is 1. The fraction of sp³-hybridized carbons (Fsp3) is 0.800. The zero-order valence-corrected chi connectivity index (χ0v) is 15.7. The first kappa shape index (κ1) is 22.0. The molecule has 0 aliphatic heterocycles. The second-order valence-corrected chi connectivity index (χ2v) is 4.49. The van der Waals surface area contributed by atoms with Crippen LogP contribution < -0.4 is 5.32 Å². The van der Waals surface area contributed by atoms with Crippen molar-refractivity contribution in [3.05, 3.63) is 12.7 Å². The summed E-state index contributed by atoms with van der Waals surface area (Å²) in [4.78, 5) is 6.83. The zero-order chi connectivity index (χ0) is 14.3. The molecule has 0 aliphatic carbocycles. The molecular formula is C15H32IN3O. The highest BCUT2D eigenvalue weighted by atomic mass is 127. The monoisotopic (exact) mass is 397 g/mol. The SMILES string of the molecule is C=CCCCN(C)C(=NCCCCOCC)NCC.I. The standard InChI is InChI=1S/C15H31N3O.HI/c1-5-8-10-13-18(4)15(16-6-2)17-12-9-11-14-19-7-3;/h5H,1,6-14H2,2-4H3,(H,16,17);1H. The molecule has 0 aromatic carbocycles. The van der Waals surface area contributed by atoms with Crippen molar-refractivity contribution in [1.82, 2.24) is 10.2 Å². The molecule has 0 saturated carbocycles. The summed E-state index contributed by atoms with van der Waals surface area (Å²) in [5.41, 5.74) is 0. The van der Waals surface area contributed by atoms with Gasteiger partial charge in [-0.3, -0.25) is 4.99 Å². The Labute approximate surface area is 142 Å². The molecule has 0 aromatic heterocycles. The Morgan fingerprint density at radius 3 is 2.65 bits per heavy atom. The predicted molar refractivity (Wildman–Crippen MR) is 99.2 cm³/mol. The summed E-state index contributed by atoms with van der Waals surface area (Å²) in [6.45, 7) is 12.3. The van der Waals surface area contributed by atoms with Crippen LogP contribution in [0.4, 0.5) is 0 Å². The number of halogens is 1. The molecule has 0 spiro atoms. The summed E-state index contributed by atoms with van der Waals surface area (Å²) in [6.07, 6.45) is 6.30. The van der Waals surface area contributed by atoms with Crippen LogP contribution in [0, 0.1) is 0 Å². The summed E-state index contributed by atoms with van der Waals surface area (Å²) in [7, 11) is 2.09. The van der Waals surface area contributed by atoms with Gasteiger partial charge >= 0.3 is 0 Å². The maximum Gasteiger partial charge on any atom is 0.193 e. The Balaban J connectivity index is 0. The maximum atomic E-state index is 5.32. The van der Waals surface area contributed by atoms with Gasteiger partial charge in [0, 0.05) is 39.9 Å². The van der Waals surface area contributed by atoms with Crippen molar-refractivity contribution >= 4 is 29.9 Å². The van der Waals surface area contributed by atoms with Crippen LogP contribution in [0.25, 0.3) is 0 Å². The van der Waals surface area contributed by atoms with Gasteiger partial charge < -0.3 is 15.0 Å². The molecule has 0 radical (unpaired) electrons. The zero-order valence-electron chi connectivity index (χ0n) is 13.4. The number of allylic oxidation sites excluding steroid dienone is 1. The molecule has 0 amide bonds. The first-order valence-corrected chi connectivity index (χ1v) is 7.44. The summed E-state index contributed by atoms with van der Waals surface area (Å²) in [5.74, 6) is 1.00. The molecule has 0 fully saturated rings. The fourth-order valence-electron chi connectivity index (χ4n) is 1.69. The first-order chi connectivity index (χ1) is 9.26. The minimum atomic E-state index is 0. The molecule has 4 nitrogen and oxygen atoms in total. The number of rotatable bonds is 11. The van der Waals surface area contributed by atoms with E-state index in [0.717, 1.165) is 64.5 Å². The van der Waals surface area contributed by atoms with Crippen molar-refractivity contribution in [3.63, 3.8) is 0 Å². The molecule has 0 saturated heterocycles. The van der Waals surface area contributed by atoms with Crippen LogP contribution in [-0.4, -0.2) is 50.8 Å². The predicted octanol–water partition coefficient (Wildman–Crippen LogP) is 3.28. The molecule has 0 rings (SSSR count). The topological polar surface area (TPSA) is 36.9 Å². The van der Waals surface area contributed by atoms with Crippen LogP contribution in [0.15, 0.2) is 17.6 Å². The number of unbranched alkanes of at least 4 members (excludes halogenated alkanes) is 2. The highest BCUT2D eigenvalue weighted by Gasteiger charge is 2.03. The highest BCUT2D eigenvalue weighted by molar-refractivity contribution is 14.0. The van der Waals surface area contributed by atoms with Crippen LogP contribution in [0.3, 0.4) is 0 Å². The Kier molecular flexibility index (Phi) is 18.4. The van der Waals surface area contributed by atoms with Gasteiger partial charge in [0.15, 0.2) is 5.96 Å². The minimum Gasteiger partial charge on any atom is -0.382 e. The average molecular weight is 397 g/mol. The number of nitrogens with zero attached hydrogens (tertiary/aromatic N) is 2. The van der Waals surface area contributed by atoms with Gasteiger partial charge in [-0.1, -0.05) is 6.08 Å². The van der Waals surface area contributed by atoms with Crippen LogP contribution in [-0.2, 0) is 4.74 Å². The van der Waals surface area contributed by atoms with Gasteiger partial charge in [-0.2, -0.15) is 0 Å². The second kappa shape index (κ2) is 16.8. The molecular weight excluding hydrogens is 365 g/mol. The summed E-state index contributed by atoms with van der Waals surface area (Å²) in [6, 6.07) is 0. The van der Waals surface area contributed by atoms with Crippen molar-refractivity contribution < 1.29 is 4.74 Å². The van der Waals surface area contributed by atoms with E-state index in [4.69, 9.17) is 4.74 Å². The van der Waals surface area contributed by atoms with E-state index in [1.807, 2.05) is 13.0 Å². The van der Waals surface area contributed by atoms with Crippen LogP contribution in [0.5, 0.6) is 0 Å².